The molecule has 2 aromatic rings. The van der Waals surface area contributed by atoms with Gasteiger partial charge in [0.15, 0.2) is 10.3 Å². The van der Waals surface area contributed by atoms with Crippen molar-refractivity contribution in [2.75, 3.05) is 41.4 Å². The van der Waals surface area contributed by atoms with Gasteiger partial charge in [0.2, 0.25) is 0 Å². The summed E-state index contributed by atoms with van der Waals surface area (Å²) in [6.07, 6.45) is 3.68. The number of fused-ring (bicyclic) bond motifs is 2. The van der Waals surface area contributed by atoms with Crippen LogP contribution >= 0.6 is 23.5 Å². The van der Waals surface area contributed by atoms with Crippen LogP contribution in [0.2, 0.25) is 0 Å². The standard InChI is InChI=1S/C22H35N3O3S2.C21H31N3O3S2.C4H8O/c1-14-18(15(2)24-30(26)22(3,4)5)28-20-17(23-21(29-20)25(6)7)19(14)27-13-16-11-9-8-10-12-16;1-14-16(12-22-29(25)21(2,3)4)27-19-17(23-20(28-19)24(5)6)18(14)26-13-15-10-8-7-9-11-15;1-2-4-5-3-1/h8-12,14-15,17-20,24H,13H2,1-7H3;7-12,14,16-19H,13H2,1-6H3;1-4H2/t14-,15?,17-,18+,19+,20-,30?;14-,16-,17-,18+,19-,29?;/m11./s1. The van der Waals surface area contributed by atoms with Gasteiger partial charge in [-0.2, -0.15) is 4.40 Å². The molecule has 13 atom stereocenters. The third-order valence-electron chi connectivity index (χ3n) is 11.2. The number of hydrogen-bond donors (Lipinski definition) is 1. The van der Waals surface area contributed by atoms with Crippen molar-refractivity contribution in [2.45, 2.75) is 151 Å². The first-order valence-electron chi connectivity index (χ1n) is 22.4. The van der Waals surface area contributed by atoms with Gasteiger partial charge in [0.25, 0.3) is 0 Å². The molecule has 5 heterocycles. The molecule has 5 aliphatic heterocycles. The highest BCUT2D eigenvalue weighted by Gasteiger charge is 2.51. The lowest BCUT2D eigenvalue weighted by atomic mass is 9.87. The molecule has 0 aliphatic carbocycles. The topological polar surface area (TPSA) is 136 Å². The number of ether oxygens (including phenoxy) is 5. The second-order valence-corrected chi connectivity index (χ2v) is 25.3. The molecule has 2 aromatic carbocycles. The van der Waals surface area contributed by atoms with Gasteiger partial charge in [-0.25, -0.2) is 13.1 Å². The Bertz CT molecular complexity index is 1880. The predicted octanol–water partition coefficient (Wildman–Crippen LogP) is 7.70. The summed E-state index contributed by atoms with van der Waals surface area (Å²) in [7, 11) is 5.49. The van der Waals surface area contributed by atoms with Crippen LogP contribution in [0.15, 0.2) is 75.0 Å². The zero-order valence-electron chi connectivity index (χ0n) is 40.2. The summed E-state index contributed by atoms with van der Waals surface area (Å²) in [5.74, 6) is 0.131. The maximum absolute atomic E-state index is 12.7. The zero-order valence-corrected chi connectivity index (χ0v) is 43.4. The van der Waals surface area contributed by atoms with Crippen molar-refractivity contribution in [1.82, 2.24) is 14.5 Å². The van der Waals surface area contributed by atoms with Gasteiger partial charge in [-0.1, -0.05) is 98.0 Å². The largest absolute Gasteiger partial charge is 0.381 e. The highest BCUT2D eigenvalue weighted by molar-refractivity contribution is 8.14. The quantitative estimate of drug-likeness (QED) is 0.222. The van der Waals surface area contributed by atoms with Crippen molar-refractivity contribution < 1.29 is 32.1 Å². The number of nitrogens with zero attached hydrogens (tertiary/aromatic N) is 5. The fourth-order valence-corrected chi connectivity index (χ4v) is 11.1. The first-order valence-corrected chi connectivity index (χ1v) is 26.4. The van der Waals surface area contributed by atoms with Crippen LogP contribution in [0.1, 0.15) is 86.3 Å². The fourth-order valence-electron chi connectivity index (χ4n) is 7.43. The van der Waals surface area contributed by atoms with Gasteiger partial charge < -0.3 is 33.5 Å². The molecule has 1 N–H and O–H groups in total. The van der Waals surface area contributed by atoms with Crippen LogP contribution in [0, 0.1) is 11.8 Å². The van der Waals surface area contributed by atoms with Gasteiger partial charge in [0.1, 0.15) is 40.0 Å². The number of hydrogen-bond acceptors (Lipinski definition) is 13. The molecule has 17 heteroatoms. The molecule has 0 amide bonds. The van der Waals surface area contributed by atoms with Crippen molar-refractivity contribution in [1.29, 1.82) is 0 Å². The number of rotatable bonds is 11. The van der Waals surface area contributed by atoms with E-state index in [2.05, 4.69) is 47.2 Å². The number of thioether (sulfide) groups is 2. The van der Waals surface area contributed by atoms with E-state index in [-0.39, 0.29) is 70.0 Å². The zero-order chi connectivity index (χ0) is 46.8. The van der Waals surface area contributed by atoms with Crippen LogP contribution in [0.25, 0.3) is 0 Å². The minimum Gasteiger partial charge on any atom is -0.381 e. The van der Waals surface area contributed by atoms with E-state index >= 15 is 0 Å². The molecule has 0 aromatic heterocycles. The first kappa shape index (κ1) is 52.8. The highest BCUT2D eigenvalue weighted by atomic mass is 32.2. The van der Waals surface area contributed by atoms with Crippen molar-refractivity contribution in [3.8, 4) is 0 Å². The Morgan fingerprint density at radius 1 is 0.766 bits per heavy atom. The summed E-state index contributed by atoms with van der Waals surface area (Å²) < 4.78 is 62.4. The van der Waals surface area contributed by atoms with E-state index in [4.69, 9.17) is 33.7 Å². The molecule has 13 nitrogen and oxygen atoms in total. The number of nitrogens with one attached hydrogen (secondary N) is 1. The average Bonchev–Trinajstić information content (AvgIpc) is 4.05. The highest BCUT2D eigenvalue weighted by Crippen LogP contribution is 2.42. The third kappa shape index (κ3) is 14.9. The van der Waals surface area contributed by atoms with Crippen LogP contribution in [-0.4, -0.2) is 139 Å². The second-order valence-electron chi connectivity index (χ2n) is 19.2. The Morgan fingerprint density at radius 3 is 1.66 bits per heavy atom. The molecular weight excluding hydrogens is 889 g/mol. The molecular formula is C47H74N6O7S4. The average molecular weight is 963 g/mol. The van der Waals surface area contributed by atoms with Crippen LogP contribution < -0.4 is 4.72 Å². The van der Waals surface area contributed by atoms with Crippen LogP contribution in [0.5, 0.6) is 0 Å². The summed E-state index contributed by atoms with van der Waals surface area (Å²) in [5.41, 5.74) is 2.04. The summed E-state index contributed by atoms with van der Waals surface area (Å²) in [6.45, 7) is 21.0. The van der Waals surface area contributed by atoms with E-state index in [0.717, 1.165) is 34.7 Å². The van der Waals surface area contributed by atoms with E-state index in [9.17, 15) is 8.42 Å². The van der Waals surface area contributed by atoms with E-state index in [1.54, 1.807) is 29.7 Å². The summed E-state index contributed by atoms with van der Waals surface area (Å²) in [5, 5.41) is 1.90. The van der Waals surface area contributed by atoms with Crippen LogP contribution in [-0.2, 0) is 58.9 Å². The van der Waals surface area contributed by atoms with Gasteiger partial charge in [-0.15, -0.1) is 0 Å². The summed E-state index contributed by atoms with van der Waals surface area (Å²) >= 11 is 3.26. The molecule has 0 spiro atoms. The lowest BCUT2D eigenvalue weighted by molar-refractivity contribution is -0.142. The maximum atomic E-state index is 12.7. The maximum Gasteiger partial charge on any atom is 0.161 e. The number of amidine groups is 2. The molecule has 7 rings (SSSR count). The summed E-state index contributed by atoms with van der Waals surface area (Å²) in [6, 6.07) is 20.2. The Morgan fingerprint density at radius 2 is 1.23 bits per heavy atom. The molecule has 0 bridgehead atoms. The Balaban J connectivity index is 0.000000217. The Hall–Kier alpha value is -2.19. The van der Waals surface area contributed by atoms with Crippen molar-refractivity contribution in [2.24, 2.45) is 26.2 Å². The lowest BCUT2D eigenvalue weighted by Gasteiger charge is -2.44. The predicted molar refractivity (Wildman–Crippen MR) is 268 cm³/mol. The van der Waals surface area contributed by atoms with Crippen molar-refractivity contribution in [3.05, 3.63) is 71.8 Å². The molecule has 3 fully saturated rings. The smallest absolute Gasteiger partial charge is 0.161 e. The molecule has 5 aliphatic rings. The van der Waals surface area contributed by atoms with Gasteiger partial charge in [-0.3, -0.25) is 9.98 Å². The number of aliphatic imine (C=N–C) groups is 2. The minimum atomic E-state index is -1.31. The molecule has 358 valence electrons. The van der Waals surface area contributed by atoms with E-state index in [0.29, 0.717) is 13.2 Å². The minimum absolute atomic E-state index is 0.0338. The Kier molecular flexibility index (Phi) is 20.0. The second kappa shape index (κ2) is 24.2. The lowest BCUT2D eigenvalue weighted by Crippen LogP contribution is -2.58. The SMILES string of the molecule is C1CCOC1.CC(NS(=O)C(C)(C)C)[C@H]1O[C@@H]2SC(N(C)C)=N[C@@H]2[C@@H](OCc2ccccc2)[C@@H]1C.C[C@H]1[C@H](OCc2ccccc2)[C@H]2N=C(N(C)C)S[C@H]2O[C@@H]1C=NS(=O)C(C)(C)C. The fraction of sp³-hybridized carbons (Fsp3) is 0.681. The van der Waals surface area contributed by atoms with Crippen LogP contribution in [0.3, 0.4) is 0 Å². The van der Waals surface area contributed by atoms with Gasteiger partial charge in [0, 0.05) is 65.5 Å². The third-order valence-corrected chi connectivity index (χ3v) is 16.8. The molecule has 3 saturated heterocycles. The molecule has 64 heavy (non-hydrogen) atoms. The monoisotopic (exact) mass is 962 g/mol. The number of benzene rings is 2. The normalized spacial score (nSPS) is 30.4. The first-order chi connectivity index (χ1) is 30.2. The Labute approximate surface area is 397 Å². The van der Waals surface area contributed by atoms with Gasteiger partial charge in [0.05, 0.1) is 52.0 Å². The van der Waals surface area contributed by atoms with Crippen LogP contribution in [0.4, 0.5) is 0 Å². The summed E-state index contributed by atoms with van der Waals surface area (Å²) in [4.78, 5) is 13.8. The van der Waals surface area contributed by atoms with E-state index in [1.165, 1.54) is 12.8 Å². The van der Waals surface area contributed by atoms with E-state index < -0.39 is 26.7 Å². The van der Waals surface area contributed by atoms with Gasteiger partial charge in [-0.05, 0) is 72.4 Å². The van der Waals surface area contributed by atoms with Crippen molar-refractivity contribution >= 4 is 62.0 Å². The van der Waals surface area contributed by atoms with Crippen molar-refractivity contribution in [3.63, 3.8) is 0 Å². The molecule has 0 radical (unpaired) electrons. The van der Waals surface area contributed by atoms with E-state index in [1.807, 2.05) is 123 Å². The van der Waals surface area contributed by atoms with Gasteiger partial charge >= 0.3 is 0 Å². The molecule has 0 saturated carbocycles. The molecule has 3 unspecified atom stereocenters.